The van der Waals surface area contributed by atoms with E-state index in [1.165, 1.54) is 5.56 Å². The van der Waals surface area contributed by atoms with Crippen LogP contribution in [0.5, 0.6) is 0 Å². The molecule has 0 N–H and O–H groups in total. The lowest BCUT2D eigenvalue weighted by molar-refractivity contribution is -0.153. The van der Waals surface area contributed by atoms with Gasteiger partial charge in [0.15, 0.2) is 0 Å². The molecular weight excluding hydrogens is 240 g/mol. The third-order valence-electron chi connectivity index (χ3n) is 3.69. The van der Waals surface area contributed by atoms with Crippen molar-refractivity contribution in [1.82, 2.24) is 0 Å². The van der Waals surface area contributed by atoms with Crippen LogP contribution in [-0.4, -0.2) is 18.4 Å². The van der Waals surface area contributed by atoms with Crippen molar-refractivity contribution in [3.63, 3.8) is 0 Å². The molecule has 0 aliphatic heterocycles. The molecule has 0 spiro atoms. The molecule has 0 saturated heterocycles. The van der Waals surface area contributed by atoms with Gasteiger partial charge in [0.1, 0.15) is 11.7 Å². The fourth-order valence-electron chi connectivity index (χ4n) is 2.71. The van der Waals surface area contributed by atoms with E-state index in [1.807, 2.05) is 18.2 Å². The second kappa shape index (κ2) is 6.50. The fraction of sp³-hybridized carbons (Fsp3) is 0.500. The standard InChI is InChI=1S/C16H20O3/c1-2-19-16(18)14-11-13(8-9-15(14)17)10-12-6-4-3-5-7-12/h3-7,13-14H,2,8-11H2,1H3. The SMILES string of the molecule is CCOC(=O)C1CC(Cc2ccccc2)CCC1=O. The molecular formula is C16H20O3. The molecule has 0 amide bonds. The summed E-state index contributed by atoms with van der Waals surface area (Å²) >= 11 is 0. The first-order chi connectivity index (χ1) is 9.20. The summed E-state index contributed by atoms with van der Waals surface area (Å²) in [6.07, 6.45) is 2.95. The second-order valence-electron chi connectivity index (χ2n) is 5.10. The van der Waals surface area contributed by atoms with E-state index < -0.39 is 5.92 Å². The number of carbonyl (C=O) groups is 2. The Morgan fingerprint density at radius 3 is 2.74 bits per heavy atom. The molecule has 2 atom stereocenters. The average Bonchev–Trinajstić information content (AvgIpc) is 2.42. The normalized spacial score (nSPS) is 23.1. The van der Waals surface area contributed by atoms with E-state index in [9.17, 15) is 9.59 Å². The molecule has 0 bridgehead atoms. The molecule has 2 unspecified atom stereocenters. The first kappa shape index (κ1) is 13.8. The molecule has 1 aliphatic rings. The lowest BCUT2D eigenvalue weighted by atomic mass is 9.78. The van der Waals surface area contributed by atoms with Crippen molar-refractivity contribution < 1.29 is 14.3 Å². The van der Waals surface area contributed by atoms with Gasteiger partial charge in [-0.25, -0.2) is 0 Å². The van der Waals surface area contributed by atoms with Crippen molar-refractivity contribution in [2.24, 2.45) is 11.8 Å². The summed E-state index contributed by atoms with van der Waals surface area (Å²) in [6.45, 7) is 2.11. The summed E-state index contributed by atoms with van der Waals surface area (Å²) in [6, 6.07) is 10.2. The van der Waals surface area contributed by atoms with Crippen molar-refractivity contribution in [3.8, 4) is 0 Å². The van der Waals surface area contributed by atoms with Gasteiger partial charge in [-0.2, -0.15) is 0 Å². The fourth-order valence-corrected chi connectivity index (χ4v) is 2.71. The van der Waals surface area contributed by atoms with E-state index in [-0.39, 0.29) is 11.8 Å². The van der Waals surface area contributed by atoms with Crippen LogP contribution in [0.1, 0.15) is 31.7 Å². The number of rotatable bonds is 4. The lowest BCUT2D eigenvalue weighted by Crippen LogP contribution is -2.33. The molecule has 1 aromatic carbocycles. The Kier molecular flexibility index (Phi) is 4.72. The number of hydrogen-bond acceptors (Lipinski definition) is 3. The summed E-state index contributed by atoms with van der Waals surface area (Å²) in [7, 11) is 0. The van der Waals surface area contributed by atoms with Gasteiger partial charge in [0, 0.05) is 6.42 Å². The van der Waals surface area contributed by atoms with Crippen LogP contribution in [0.3, 0.4) is 0 Å². The van der Waals surface area contributed by atoms with Crippen LogP contribution in [0, 0.1) is 11.8 Å². The van der Waals surface area contributed by atoms with Crippen LogP contribution >= 0.6 is 0 Å². The molecule has 1 aromatic rings. The molecule has 0 heterocycles. The Bertz CT molecular complexity index is 439. The maximum Gasteiger partial charge on any atom is 0.316 e. The summed E-state index contributed by atoms with van der Waals surface area (Å²) < 4.78 is 4.99. The first-order valence-corrected chi connectivity index (χ1v) is 6.94. The van der Waals surface area contributed by atoms with Crippen molar-refractivity contribution in [2.45, 2.75) is 32.6 Å². The van der Waals surface area contributed by atoms with Gasteiger partial charge in [0.2, 0.25) is 0 Å². The largest absolute Gasteiger partial charge is 0.465 e. The summed E-state index contributed by atoms with van der Waals surface area (Å²) in [4.78, 5) is 23.6. The zero-order valence-electron chi connectivity index (χ0n) is 11.3. The third-order valence-corrected chi connectivity index (χ3v) is 3.69. The Balaban J connectivity index is 1.97. The monoisotopic (exact) mass is 260 g/mol. The number of carbonyl (C=O) groups excluding carboxylic acids is 2. The van der Waals surface area contributed by atoms with Crippen LogP contribution in [0.15, 0.2) is 30.3 Å². The van der Waals surface area contributed by atoms with E-state index >= 15 is 0 Å². The smallest absolute Gasteiger partial charge is 0.316 e. The lowest BCUT2D eigenvalue weighted by Gasteiger charge is -2.26. The van der Waals surface area contributed by atoms with E-state index in [0.29, 0.717) is 25.4 Å². The minimum absolute atomic E-state index is 0.0442. The molecule has 0 radical (unpaired) electrons. The van der Waals surface area contributed by atoms with Gasteiger partial charge >= 0.3 is 5.97 Å². The van der Waals surface area contributed by atoms with E-state index in [4.69, 9.17) is 4.74 Å². The maximum absolute atomic E-state index is 11.8. The highest BCUT2D eigenvalue weighted by molar-refractivity contribution is 5.99. The van der Waals surface area contributed by atoms with Gasteiger partial charge in [0.05, 0.1) is 6.61 Å². The van der Waals surface area contributed by atoms with E-state index in [0.717, 1.165) is 12.8 Å². The zero-order chi connectivity index (χ0) is 13.7. The Morgan fingerprint density at radius 1 is 1.32 bits per heavy atom. The van der Waals surface area contributed by atoms with Gasteiger partial charge < -0.3 is 4.74 Å². The van der Waals surface area contributed by atoms with E-state index in [2.05, 4.69) is 12.1 Å². The Labute approximate surface area is 114 Å². The third kappa shape index (κ3) is 3.66. The van der Waals surface area contributed by atoms with Gasteiger partial charge in [-0.1, -0.05) is 30.3 Å². The Morgan fingerprint density at radius 2 is 2.05 bits per heavy atom. The van der Waals surface area contributed by atoms with Crippen molar-refractivity contribution in [2.75, 3.05) is 6.61 Å². The molecule has 2 rings (SSSR count). The minimum atomic E-state index is -0.539. The summed E-state index contributed by atoms with van der Waals surface area (Å²) in [5.74, 6) is -0.440. The van der Waals surface area contributed by atoms with E-state index in [1.54, 1.807) is 6.92 Å². The summed E-state index contributed by atoms with van der Waals surface area (Å²) in [5.41, 5.74) is 1.27. The van der Waals surface area contributed by atoms with Gasteiger partial charge in [-0.3, -0.25) is 9.59 Å². The number of ketones is 1. The van der Waals surface area contributed by atoms with Crippen molar-refractivity contribution in [3.05, 3.63) is 35.9 Å². The highest BCUT2D eigenvalue weighted by Crippen LogP contribution is 2.30. The molecule has 0 aromatic heterocycles. The second-order valence-corrected chi connectivity index (χ2v) is 5.10. The maximum atomic E-state index is 11.8. The highest BCUT2D eigenvalue weighted by Gasteiger charge is 2.34. The molecule has 19 heavy (non-hydrogen) atoms. The number of esters is 1. The predicted molar refractivity (Wildman–Crippen MR) is 72.6 cm³/mol. The van der Waals surface area contributed by atoms with Crippen LogP contribution in [0.4, 0.5) is 0 Å². The molecule has 3 heteroatoms. The van der Waals surface area contributed by atoms with Crippen molar-refractivity contribution >= 4 is 11.8 Å². The number of hydrogen-bond donors (Lipinski definition) is 0. The van der Waals surface area contributed by atoms with Crippen LogP contribution in [0.2, 0.25) is 0 Å². The number of Topliss-reactive ketones (excluding diaryl/α,β-unsaturated/α-hetero) is 1. The summed E-state index contributed by atoms with van der Waals surface area (Å²) in [5, 5.41) is 0. The molecule has 1 saturated carbocycles. The Hall–Kier alpha value is -1.64. The molecule has 1 aliphatic carbocycles. The topological polar surface area (TPSA) is 43.4 Å². The predicted octanol–water partition coefficient (Wildman–Crippen LogP) is 2.78. The van der Waals surface area contributed by atoms with Crippen LogP contribution in [-0.2, 0) is 20.7 Å². The van der Waals surface area contributed by atoms with Gasteiger partial charge in [0.25, 0.3) is 0 Å². The van der Waals surface area contributed by atoms with Crippen LogP contribution in [0.25, 0.3) is 0 Å². The molecule has 102 valence electrons. The quantitative estimate of drug-likeness (QED) is 0.617. The average molecular weight is 260 g/mol. The zero-order valence-corrected chi connectivity index (χ0v) is 11.3. The van der Waals surface area contributed by atoms with Gasteiger partial charge in [-0.05, 0) is 37.7 Å². The molecule has 1 fully saturated rings. The van der Waals surface area contributed by atoms with Crippen LogP contribution < -0.4 is 0 Å². The first-order valence-electron chi connectivity index (χ1n) is 6.94. The van der Waals surface area contributed by atoms with Gasteiger partial charge in [-0.15, -0.1) is 0 Å². The number of ether oxygens (including phenoxy) is 1. The number of benzene rings is 1. The minimum Gasteiger partial charge on any atom is -0.465 e. The van der Waals surface area contributed by atoms with Crippen molar-refractivity contribution in [1.29, 1.82) is 0 Å². The molecule has 3 nitrogen and oxygen atoms in total. The highest BCUT2D eigenvalue weighted by atomic mass is 16.5.